The molecule has 2 saturated heterocycles. The van der Waals surface area contributed by atoms with Crippen LogP contribution in [0.15, 0.2) is 18.5 Å². The third-order valence-electron chi connectivity index (χ3n) is 4.15. The van der Waals surface area contributed by atoms with Gasteiger partial charge in [0.05, 0.1) is 23.8 Å². The summed E-state index contributed by atoms with van der Waals surface area (Å²) < 4.78 is 6.86. The summed E-state index contributed by atoms with van der Waals surface area (Å²) in [6.07, 6.45) is 2.72. The van der Waals surface area contributed by atoms with Crippen LogP contribution in [-0.4, -0.2) is 51.3 Å². The number of urea groups is 1. The second-order valence-corrected chi connectivity index (χ2v) is 6.62. The standard InChI is InChI=1S/C15H16N6O4/c1-15(2)7-20(14(24)25-15)10-5-9(19-21-4-3-16-11(10)21)8-6-17-13(23)18-12(8)22/h3-5,8H,6-7H2,1-2H3,(H2,17,18,22,23). The van der Waals surface area contributed by atoms with E-state index in [0.29, 0.717) is 23.6 Å². The van der Waals surface area contributed by atoms with Crippen LogP contribution in [0.3, 0.4) is 0 Å². The number of carbonyl (C=O) groups excluding carboxylic acids is 3. The molecule has 10 heteroatoms. The molecule has 0 saturated carbocycles. The average Bonchev–Trinajstić information content (AvgIpc) is 3.09. The van der Waals surface area contributed by atoms with Crippen LogP contribution < -0.4 is 15.5 Å². The van der Waals surface area contributed by atoms with Crippen molar-refractivity contribution in [2.45, 2.75) is 25.4 Å². The van der Waals surface area contributed by atoms with Gasteiger partial charge in [0.15, 0.2) is 5.65 Å². The zero-order valence-electron chi connectivity index (χ0n) is 13.6. The van der Waals surface area contributed by atoms with Gasteiger partial charge in [-0.3, -0.25) is 15.0 Å². The first kappa shape index (κ1) is 15.4. The number of imidazole rings is 1. The van der Waals surface area contributed by atoms with Crippen LogP contribution in [0.25, 0.3) is 5.65 Å². The number of amides is 4. The second-order valence-electron chi connectivity index (χ2n) is 6.62. The topological polar surface area (TPSA) is 118 Å². The number of nitrogens with zero attached hydrogens (tertiary/aromatic N) is 4. The minimum Gasteiger partial charge on any atom is -0.441 e. The van der Waals surface area contributed by atoms with Crippen LogP contribution in [0.5, 0.6) is 0 Å². The second kappa shape index (κ2) is 5.16. The maximum atomic E-state index is 12.3. The van der Waals surface area contributed by atoms with E-state index in [0.717, 1.165) is 0 Å². The van der Waals surface area contributed by atoms with Gasteiger partial charge in [-0.25, -0.2) is 19.1 Å². The molecule has 4 heterocycles. The lowest BCUT2D eigenvalue weighted by atomic mass is 10.0. The van der Waals surface area contributed by atoms with E-state index in [1.807, 2.05) is 13.8 Å². The summed E-state index contributed by atoms with van der Waals surface area (Å²) in [6, 6.07) is 1.11. The lowest BCUT2D eigenvalue weighted by Gasteiger charge is -2.23. The number of carbonyl (C=O) groups is 3. The van der Waals surface area contributed by atoms with Crippen molar-refractivity contribution in [3.8, 4) is 0 Å². The predicted molar refractivity (Wildman–Crippen MR) is 85.2 cm³/mol. The van der Waals surface area contributed by atoms with Crippen LogP contribution in [-0.2, 0) is 9.53 Å². The Bertz CT molecular complexity index is 905. The molecule has 2 aromatic rings. The SMILES string of the molecule is CC1(C)CN(c2cc(C3CNC(=O)NC3=O)nn3ccnc23)C(=O)O1. The summed E-state index contributed by atoms with van der Waals surface area (Å²) in [7, 11) is 0. The van der Waals surface area contributed by atoms with Crippen LogP contribution in [0, 0.1) is 0 Å². The van der Waals surface area contributed by atoms with Crippen molar-refractivity contribution < 1.29 is 19.1 Å². The number of cyclic esters (lactones) is 1. The summed E-state index contributed by atoms with van der Waals surface area (Å²) >= 11 is 0. The highest BCUT2D eigenvalue weighted by molar-refractivity contribution is 6.00. The van der Waals surface area contributed by atoms with Crippen molar-refractivity contribution >= 4 is 29.4 Å². The van der Waals surface area contributed by atoms with Crippen LogP contribution in [0.2, 0.25) is 0 Å². The molecular formula is C15H16N6O4. The first-order valence-electron chi connectivity index (χ1n) is 7.77. The van der Waals surface area contributed by atoms with E-state index in [1.54, 1.807) is 18.5 Å². The highest BCUT2D eigenvalue weighted by Crippen LogP contribution is 2.31. The Morgan fingerprint density at radius 2 is 2.12 bits per heavy atom. The number of fused-ring (bicyclic) bond motifs is 1. The van der Waals surface area contributed by atoms with E-state index in [4.69, 9.17) is 4.74 Å². The summed E-state index contributed by atoms with van der Waals surface area (Å²) in [5, 5.41) is 9.19. The molecule has 4 amide bonds. The average molecular weight is 344 g/mol. The molecule has 1 unspecified atom stereocenters. The van der Waals surface area contributed by atoms with Crippen LogP contribution >= 0.6 is 0 Å². The first-order valence-corrected chi connectivity index (χ1v) is 7.77. The molecule has 130 valence electrons. The summed E-state index contributed by atoms with van der Waals surface area (Å²) in [6.45, 7) is 4.12. The normalized spacial score (nSPS) is 22.7. The van der Waals surface area contributed by atoms with E-state index in [9.17, 15) is 14.4 Å². The molecule has 0 bridgehead atoms. The first-order chi connectivity index (χ1) is 11.8. The van der Waals surface area contributed by atoms with Gasteiger partial charge < -0.3 is 10.1 Å². The number of hydrogen-bond donors (Lipinski definition) is 2. The van der Waals surface area contributed by atoms with Crippen LogP contribution in [0.1, 0.15) is 25.5 Å². The van der Waals surface area contributed by atoms with Crippen LogP contribution in [0.4, 0.5) is 15.3 Å². The minimum absolute atomic E-state index is 0.132. The fraction of sp³-hybridized carbons (Fsp3) is 0.400. The third-order valence-corrected chi connectivity index (χ3v) is 4.15. The molecule has 2 aliphatic rings. The Labute approximate surface area is 142 Å². The van der Waals surface area contributed by atoms with Gasteiger partial charge in [0, 0.05) is 18.9 Å². The zero-order valence-corrected chi connectivity index (χ0v) is 13.6. The Morgan fingerprint density at radius 1 is 1.32 bits per heavy atom. The maximum Gasteiger partial charge on any atom is 0.415 e. The van der Waals surface area contributed by atoms with Gasteiger partial charge in [-0.05, 0) is 19.9 Å². The molecule has 2 N–H and O–H groups in total. The Morgan fingerprint density at radius 3 is 2.80 bits per heavy atom. The summed E-state index contributed by atoms with van der Waals surface area (Å²) in [5.74, 6) is -1.10. The Hall–Kier alpha value is -3.17. The molecule has 4 rings (SSSR count). The van der Waals surface area contributed by atoms with E-state index < -0.39 is 29.6 Å². The smallest absolute Gasteiger partial charge is 0.415 e. The number of rotatable bonds is 2. The number of hydrogen-bond acceptors (Lipinski definition) is 6. The minimum atomic E-state index is -0.658. The molecule has 0 radical (unpaired) electrons. The van der Waals surface area contributed by atoms with E-state index in [1.165, 1.54) is 9.42 Å². The molecule has 1 atom stereocenters. The van der Waals surface area contributed by atoms with Crippen molar-refractivity contribution in [1.82, 2.24) is 25.2 Å². The van der Waals surface area contributed by atoms with Gasteiger partial charge in [-0.2, -0.15) is 5.10 Å². The van der Waals surface area contributed by atoms with Crippen molar-refractivity contribution in [3.05, 3.63) is 24.2 Å². The predicted octanol–water partition coefficient (Wildman–Crippen LogP) is 0.388. The number of ether oxygens (including phenoxy) is 1. The van der Waals surface area contributed by atoms with Crippen molar-refractivity contribution in [3.63, 3.8) is 0 Å². The Balaban J connectivity index is 1.79. The van der Waals surface area contributed by atoms with Crippen molar-refractivity contribution in [2.75, 3.05) is 18.0 Å². The van der Waals surface area contributed by atoms with E-state index >= 15 is 0 Å². The highest BCUT2D eigenvalue weighted by Gasteiger charge is 2.40. The fourth-order valence-corrected chi connectivity index (χ4v) is 3.01. The molecule has 25 heavy (non-hydrogen) atoms. The van der Waals surface area contributed by atoms with Gasteiger partial charge in [0.25, 0.3) is 0 Å². The molecule has 2 fully saturated rings. The molecule has 2 aromatic heterocycles. The number of nitrogens with one attached hydrogen (secondary N) is 2. The van der Waals surface area contributed by atoms with Gasteiger partial charge in [0.2, 0.25) is 5.91 Å². The monoisotopic (exact) mass is 344 g/mol. The van der Waals surface area contributed by atoms with Gasteiger partial charge in [-0.1, -0.05) is 0 Å². The summed E-state index contributed by atoms with van der Waals surface area (Å²) in [5.41, 5.74) is 0.796. The van der Waals surface area contributed by atoms with E-state index in [-0.39, 0.29) is 6.54 Å². The van der Waals surface area contributed by atoms with Crippen molar-refractivity contribution in [2.24, 2.45) is 0 Å². The van der Waals surface area contributed by atoms with Gasteiger partial charge >= 0.3 is 12.1 Å². The summed E-state index contributed by atoms with van der Waals surface area (Å²) in [4.78, 5) is 41.4. The lowest BCUT2D eigenvalue weighted by molar-refractivity contribution is -0.122. The number of imide groups is 1. The van der Waals surface area contributed by atoms with Gasteiger partial charge in [0.1, 0.15) is 5.60 Å². The Kier molecular flexibility index (Phi) is 3.17. The molecule has 0 aromatic carbocycles. The lowest BCUT2D eigenvalue weighted by Crippen LogP contribution is -2.51. The highest BCUT2D eigenvalue weighted by atomic mass is 16.6. The molecule has 0 spiro atoms. The quantitative estimate of drug-likeness (QED) is 0.813. The molecular weight excluding hydrogens is 328 g/mol. The van der Waals surface area contributed by atoms with Gasteiger partial charge in [-0.15, -0.1) is 0 Å². The van der Waals surface area contributed by atoms with E-state index in [2.05, 4.69) is 20.7 Å². The molecule has 2 aliphatic heterocycles. The maximum absolute atomic E-state index is 12.3. The molecule has 0 aliphatic carbocycles. The number of anilines is 1. The zero-order chi connectivity index (χ0) is 17.8. The molecule has 10 nitrogen and oxygen atoms in total. The third kappa shape index (κ3) is 2.55. The largest absolute Gasteiger partial charge is 0.441 e. The van der Waals surface area contributed by atoms with Crippen molar-refractivity contribution in [1.29, 1.82) is 0 Å². The fourth-order valence-electron chi connectivity index (χ4n) is 3.01. The number of aromatic nitrogens is 3.